The van der Waals surface area contributed by atoms with E-state index in [1.54, 1.807) is 0 Å². The highest BCUT2D eigenvalue weighted by atomic mass is 32.2. The summed E-state index contributed by atoms with van der Waals surface area (Å²) in [5.41, 5.74) is 5.65. The molecule has 1 aliphatic carbocycles. The van der Waals surface area contributed by atoms with Crippen LogP contribution in [0.15, 0.2) is 29.2 Å². The van der Waals surface area contributed by atoms with Crippen molar-refractivity contribution in [2.24, 2.45) is 11.7 Å². The highest BCUT2D eigenvalue weighted by Crippen LogP contribution is 2.29. The van der Waals surface area contributed by atoms with Crippen molar-refractivity contribution in [1.82, 2.24) is 4.72 Å². The van der Waals surface area contributed by atoms with Gasteiger partial charge in [0.25, 0.3) is 0 Å². The van der Waals surface area contributed by atoms with E-state index in [-0.39, 0.29) is 17.4 Å². The molecule has 23 heavy (non-hydrogen) atoms. The Morgan fingerprint density at radius 3 is 2.52 bits per heavy atom. The molecule has 130 valence electrons. The molecule has 0 spiro atoms. The molecule has 1 aromatic carbocycles. The van der Waals surface area contributed by atoms with E-state index in [9.17, 15) is 21.6 Å². The van der Waals surface area contributed by atoms with Crippen molar-refractivity contribution in [2.75, 3.05) is 6.54 Å². The molecule has 1 fully saturated rings. The fraction of sp³-hybridized carbons (Fsp3) is 0.571. The van der Waals surface area contributed by atoms with E-state index in [0.29, 0.717) is 0 Å². The molecule has 0 saturated heterocycles. The zero-order valence-corrected chi connectivity index (χ0v) is 13.2. The molecule has 0 bridgehead atoms. The van der Waals surface area contributed by atoms with Crippen LogP contribution in [0.25, 0.3) is 0 Å². The van der Waals surface area contributed by atoms with Gasteiger partial charge in [0.2, 0.25) is 10.0 Å². The van der Waals surface area contributed by atoms with Gasteiger partial charge in [0.15, 0.2) is 0 Å². The van der Waals surface area contributed by atoms with E-state index in [1.807, 2.05) is 0 Å². The lowest BCUT2D eigenvalue weighted by molar-refractivity contribution is -0.274. The summed E-state index contributed by atoms with van der Waals surface area (Å²) in [6.07, 6.45) is -1.04. The van der Waals surface area contributed by atoms with Crippen LogP contribution in [0.5, 0.6) is 5.75 Å². The highest BCUT2D eigenvalue weighted by molar-refractivity contribution is 7.89. The minimum absolute atomic E-state index is 0.142. The number of halogens is 3. The molecule has 1 aliphatic rings. The van der Waals surface area contributed by atoms with Gasteiger partial charge in [-0.3, -0.25) is 0 Å². The molecular weight excluding hydrogens is 333 g/mol. The molecule has 0 aromatic heterocycles. The van der Waals surface area contributed by atoms with Crippen molar-refractivity contribution in [2.45, 2.75) is 43.0 Å². The first kappa shape index (κ1) is 18.0. The molecule has 0 heterocycles. The van der Waals surface area contributed by atoms with Crippen LogP contribution in [-0.2, 0) is 10.0 Å². The van der Waals surface area contributed by atoms with Crippen LogP contribution < -0.4 is 15.2 Å². The first-order valence-corrected chi connectivity index (χ1v) is 8.78. The smallest absolute Gasteiger partial charge is 0.406 e. The summed E-state index contributed by atoms with van der Waals surface area (Å²) < 4.78 is 67.7. The number of rotatable bonds is 6. The Balaban J connectivity index is 2.16. The zero-order chi connectivity index (χ0) is 17.1. The molecule has 0 amide bonds. The maximum Gasteiger partial charge on any atom is 0.573 e. The van der Waals surface area contributed by atoms with Gasteiger partial charge in [-0.25, -0.2) is 13.1 Å². The van der Waals surface area contributed by atoms with E-state index in [4.69, 9.17) is 5.73 Å². The largest absolute Gasteiger partial charge is 0.573 e. The lowest BCUT2D eigenvalue weighted by Gasteiger charge is -2.23. The Hall–Kier alpha value is -1.32. The van der Waals surface area contributed by atoms with Gasteiger partial charge in [-0.1, -0.05) is 18.9 Å². The number of sulfonamides is 1. The predicted molar refractivity (Wildman–Crippen MR) is 78.2 cm³/mol. The third-order valence-electron chi connectivity index (χ3n) is 3.88. The Bertz CT molecular complexity index is 628. The minimum atomic E-state index is -4.88. The fourth-order valence-electron chi connectivity index (χ4n) is 2.80. The number of ether oxygens (including phenoxy) is 1. The standard InChI is InChI=1S/C14H19F3N2O3S/c15-14(16,17)22-11-6-3-7-12(8-11)23(20,21)19-13(9-18)10-4-1-2-5-10/h3,6-8,10,13,19H,1-2,4-5,9,18H2. The first-order valence-electron chi connectivity index (χ1n) is 7.29. The second-order valence-electron chi connectivity index (χ2n) is 5.53. The second-order valence-corrected chi connectivity index (χ2v) is 7.24. The fourth-order valence-corrected chi connectivity index (χ4v) is 4.15. The number of nitrogens with two attached hydrogens (primary N) is 1. The lowest BCUT2D eigenvalue weighted by atomic mass is 9.99. The van der Waals surface area contributed by atoms with Crippen LogP contribution in [0, 0.1) is 5.92 Å². The van der Waals surface area contributed by atoms with E-state index in [1.165, 1.54) is 12.1 Å². The van der Waals surface area contributed by atoms with Crippen molar-refractivity contribution in [1.29, 1.82) is 0 Å². The van der Waals surface area contributed by atoms with Crippen molar-refractivity contribution in [3.63, 3.8) is 0 Å². The third kappa shape index (κ3) is 5.08. The van der Waals surface area contributed by atoms with Crippen LogP contribution in [-0.4, -0.2) is 27.4 Å². The number of nitrogens with one attached hydrogen (secondary N) is 1. The van der Waals surface area contributed by atoms with Crippen LogP contribution >= 0.6 is 0 Å². The second kappa shape index (κ2) is 7.06. The van der Waals surface area contributed by atoms with Crippen molar-refractivity contribution < 1.29 is 26.3 Å². The molecule has 1 aromatic rings. The normalized spacial score (nSPS) is 18.1. The summed E-state index contributed by atoms with van der Waals surface area (Å²) in [7, 11) is -3.96. The minimum Gasteiger partial charge on any atom is -0.406 e. The van der Waals surface area contributed by atoms with E-state index in [2.05, 4.69) is 9.46 Å². The van der Waals surface area contributed by atoms with Crippen LogP contribution in [0.1, 0.15) is 25.7 Å². The summed E-state index contributed by atoms with van der Waals surface area (Å²) in [5.74, 6) is -0.421. The number of alkyl halides is 3. The molecular formula is C14H19F3N2O3S. The Morgan fingerprint density at radius 1 is 1.30 bits per heavy atom. The molecule has 1 atom stereocenters. The number of hydrogen-bond acceptors (Lipinski definition) is 4. The highest BCUT2D eigenvalue weighted by Gasteiger charge is 2.32. The molecule has 0 aliphatic heterocycles. The van der Waals surface area contributed by atoms with E-state index >= 15 is 0 Å². The average Bonchev–Trinajstić information content (AvgIpc) is 2.97. The van der Waals surface area contributed by atoms with Crippen LogP contribution in [0.2, 0.25) is 0 Å². The van der Waals surface area contributed by atoms with Gasteiger partial charge in [0.05, 0.1) is 4.90 Å². The number of hydrogen-bond donors (Lipinski definition) is 2. The van der Waals surface area contributed by atoms with Gasteiger partial charge >= 0.3 is 6.36 Å². The first-order chi connectivity index (χ1) is 10.7. The summed E-state index contributed by atoms with van der Waals surface area (Å²) in [6.45, 7) is 0.142. The maximum atomic E-state index is 12.4. The van der Waals surface area contributed by atoms with Crippen LogP contribution in [0.4, 0.5) is 13.2 Å². The monoisotopic (exact) mass is 352 g/mol. The molecule has 3 N–H and O–H groups in total. The zero-order valence-electron chi connectivity index (χ0n) is 12.3. The predicted octanol–water partition coefficient (Wildman–Crippen LogP) is 2.38. The van der Waals surface area contributed by atoms with E-state index < -0.39 is 28.2 Å². The van der Waals surface area contributed by atoms with Gasteiger partial charge in [-0.05, 0) is 30.9 Å². The molecule has 0 radical (unpaired) electrons. The van der Waals surface area contributed by atoms with Gasteiger partial charge in [0, 0.05) is 18.7 Å². The van der Waals surface area contributed by atoms with Crippen molar-refractivity contribution >= 4 is 10.0 Å². The number of benzene rings is 1. The maximum absolute atomic E-state index is 12.4. The summed E-state index contributed by atoms with van der Waals surface area (Å²) >= 11 is 0. The topological polar surface area (TPSA) is 81.4 Å². The summed E-state index contributed by atoms with van der Waals surface area (Å²) in [4.78, 5) is -0.282. The van der Waals surface area contributed by atoms with Gasteiger partial charge in [-0.2, -0.15) is 0 Å². The molecule has 5 nitrogen and oxygen atoms in total. The summed E-state index contributed by atoms with van der Waals surface area (Å²) in [5, 5.41) is 0. The Kier molecular flexibility index (Phi) is 5.53. The van der Waals surface area contributed by atoms with Gasteiger partial charge in [0.1, 0.15) is 5.75 Å². The Labute approximate surface area is 133 Å². The Morgan fingerprint density at radius 2 is 1.96 bits per heavy atom. The molecule has 9 heteroatoms. The molecule has 1 saturated carbocycles. The van der Waals surface area contributed by atoms with E-state index in [0.717, 1.165) is 37.8 Å². The average molecular weight is 352 g/mol. The van der Waals surface area contributed by atoms with Crippen molar-refractivity contribution in [3.05, 3.63) is 24.3 Å². The summed E-state index contributed by atoms with van der Waals surface area (Å²) in [6, 6.07) is 3.88. The molecule has 2 rings (SSSR count). The van der Waals surface area contributed by atoms with Crippen molar-refractivity contribution in [3.8, 4) is 5.75 Å². The quantitative estimate of drug-likeness (QED) is 0.824. The third-order valence-corrected chi connectivity index (χ3v) is 5.37. The van der Waals surface area contributed by atoms with Gasteiger partial charge < -0.3 is 10.5 Å². The molecule has 1 unspecified atom stereocenters. The SMILES string of the molecule is NCC(NS(=O)(=O)c1cccc(OC(F)(F)F)c1)C1CCCC1. The van der Waals surface area contributed by atoms with Crippen LogP contribution in [0.3, 0.4) is 0 Å². The lowest BCUT2D eigenvalue weighted by Crippen LogP contribution is -2.44. The van der Waals surface area contributed by atoms with Gasteiger partial charge in [-0.15, -0.1) is 13.2 Å².